The topological polar surface area (TPSA) is 64.8 Å². The van der Waals surface area contributed by atoms with Crippen molar-refractivity contribution < 1.29 is 4.79 Å². The number of para-hydroxylation sites is 1. The number of benzene rings is 3. The number of hydrogen-bond acceptors (Lipinski definition) is 6. The summed E-state index contributed by atoms with van der Waals surface area (Å²) in [7, 11) is 0. The molecule has 5 nitrogen and oxygen atoms in total. The molecule has 168 valence electrons. The molecule has 0 aliphatic heterocycles. The van der Waals surface area contributed by atoms with Gasteiger partial charge in [0.1, 0.15) is 0 Å². The van der Waals surface area contributed by atoms with Crippen LogP contribution in [0.5, 0.6) is 0 Å². The smallest absolute Gasteiger partial charge is 0.266 e. The van der Waals surface area contributed by atoms with Crippen molar-refractivity contribution in [1.82, 2.24) is 14.5 Å². The van der Waals surface area contributed by atoms with E-state index in [0.717, 1.165) is 21.3 Å². The number of fused-ring (bicyclic) bond motifs is 1. The molecule has 0 radical (unpaired) electrons. The summed E-state index contributed by atoms with van der Waals surface area (Å²) in [5.74, 6) is 0.0238. The minimum absolute atomic E-state index is 0.101. The van der Waals surface area contributed by atoms with E-state index < -0.39 is 0 Å². The SMILES string of the molecule is Cc1ccc(-n2c(SCC(=O)c3nc(-c4ccccc4)cs3)nc3ccccc3c2=O)cc1Br. The molecule has 0 N–H and O–H groups in total. The third kappa shape index (κ3) is 4.49. The Morgan fingerprint density at radius 2 is 1.79 bits per heavy atom. The molecule has 2 aromatic heterocycles. The number of halogens is 1. The van der Waals surface area contributed by atoms with E-state index in [4.69, 9.17) is 4.98 Å². The number of aromatic nitrogens is 3. The van der Waals surface area contributed by atoms with Crippen LogP contribution in [0.15, 0.2) is 92.6 Å². The lowest BCUT2D eigenvalue weighted by atomic mass is 10.2. The molecule has 0 unspecified atom stereocenters. The minimum Gasteiger partial charge on any atom is -0.291 e. The summed E-state index contributed by atoms with van der Waals surface area (Å²) in [6.07, 6.45) is 0. The van der Waals surface area contributed by atoms with Crippen LogP contribution in [0.25, 0.3) is 27.8 Å². The molecule has 0 fully saturated rings. The Bertz CT molecular complexity index is 1580. The maximum atomic E-state index is 13.4. The Balaban J connectivity index is 1.49. The van der Waals surface area contributed by atoms with Crippen molar-refractivity contribution in [3.8, 4) is 16.9 Å². The van der Waals surface area contributed by atoms with Gasteiger partial charge in [0.15, 0.2) is 10.2 Å². The lowest BCUT2D eigenvalue weighted by Gasteiger charge is -2.14. The molecule has 3 aromatic carbocycles. The van der Waals surface area contributed by atoms with Crippen molar-refractivity contribution in [3.05, 3.63) is 104 Å². The zero-order chi connectivity index (χ0) is 23.7. The summed E-state index contributed by atoms with van der Waals surface area (Å²) in [6.45, 7) is 1.99. The van der Waals surface area contributed by atoms with Crippen LogP contribution in [0.1, 0.15) is 15.4 Å². The average Bonchev–Trinajstić information content (AvgIpc) is 3.36. The summed E-state index contributed by atoms with van der Waals surface area (Å²) in [6, 6.07) is 22.7. The summed E-state index contributed by atoms with van der Waals surface area (Å²) in [5, 5.41) is 3.33. The van der Waals surface area contributed by atoms with Gasteiger partial charge in [-0.1, -0.05) is 76.2 Å². The molecule has 2 heterocycles. The Morgan fingerprint density at radius 3 is 2.59 bits per heavy atom. The highest BCUT2D eigenvalue weighted by atomic mass is 79.9. The number of carbonyl (C=O) groups excluding carboxylic acids is 1. The van der Waals surface area contributed by atoms with Gasteiger partial charge >= 0.3 is 0 Å². The number of thioether (sulfide) groups is 1. The van der Waals surface area contributed by atoms with Gasteiger partial charge in [-0.15, -0.1) is 11.3 Å². The van der Waals surface area contributed by atoms with Crippen LogP contribution in [-0.2, 0) is 0 Å². The summed E-state index contributed by atoms with van der Waals surface area (Å²) < 4.78 is 2.47. The van der Waals surface area contributed by atoms with Crippen molar-refractivity contribution in [2.24, 2.45) is 0 Å². The second kappa shape index (κ2) is 9.66. The third-order valence-electron chi connectivity index (χ3n) is 5.30. The molecule has 5 aromatic rings. The number of ketones is 1. The van der Waals surface area contributed by atoms with Crippen molar-refractivity contribution in [1.29, 1.82) is 0 Å². The number of Topliss-reactive ketones (excluding diaryl/α,β-unsaturated/α-hetero) is 1. The van der Waals surface area contributed by atoms with Crippen LogP contribution < -0.4 is 5.56 Å². The fraction of sp³-hybridized carbons (Fsp3) is 0.0769. The number of nitrogens with zero attached hydrogens (tertiary/aromatic N) is 3. The van der Waals surface area contributed by atoms with Gasteiger partial charge in [0.05, 0.1) is 28.0 Å². The predicted octanol–water partition coefficient (Wildman–Crippen LogP) is 6.56. The molecule has 0 atom stereocenters. The van der Waals surface area contributed by atoms with Crippen LogP contribution in [0.3, 0.4) is 0 Å². The molecule has 34 heavy (non-hydrogen) atoms. The van der Waals surface area contributed by atoms with E-state index in [9.17, 15) is 9.59 Å². The van der Waals surface area contributed by atoms with E-state index in [-0.39, 0.29) is 17.1 Å². The van der Waals surface area contributed by atoms with E-state index in [2.05, 4.69) is 20.9 Å². The fourth-order valence-corrected chi connectivity index (χ4v) is 5.59. The first kappa shape index (κ1) is 22.7. The van der Waals surface area contributed by atoms with Crippen LogP contribution in [0.2, 0.25) is 0 Å². The normalized spacial score (nSPS) is 11.1. The van der Waals surface area contributed by atoms with Gasteiger partial charge in [-0.25, -0.2) is 9.97 Å². The molecular weight excluding hydrogens is 530 g/mol. The number of rotatable bonds is 6. The maximum Gasteiger partial charge on any atom is 0.266 e. The summed E-state index contributed by atoms with van der Waals surface area (Å²) >= 11 is 6.12. The molecule has 0 aliphatic carbocycles. The van der Waals surface area contributed by atoms with Crippen molar-refractivity contribution in [2.75, 3.05) is 5.75 Å². The second-order valence-electron chi connectivity index (χ2n) is 7.60. The second-order valence-corrected chi connectivity index (χ2v) is 10.3. The molecule has 8 heteroatoms. The molecule has 0 amide bonds. The molecule has 5 rings (SSSR count). The number of thiazole rings is 1. The van der Waals surface area contributed by atoms with Gasteiger partial charge in [0, 0.05) is 15.4 Å². The van der Waals surface area contributed by atoms with E-state index >= 15 is 0 Å². The van der Waals surface area contributed by atoms with E-state index in [0.29, 0.717) is 26.8 Å². The lowest BCUT2D eigenvalue weighted by molar-refractivity contribution is 0.102. The molecular formula is C26H18BrN3O2S2. The van der Waals surface area contributed by atoms with Crippen LogP contribution in [-0.4, -0.2) is 26.1 Å². The maximum absolute atomic E-state index is 13.4. The van der Waals surface area contributed by atoms with E-state index in [1.165, 1.54) is 23.1 Å². The van der Waals surface area contributed by atoms with Crippen molar-refractivity contribution >= 4 is 55.7 Å². The average molecular weight is 548 g/mol. The molecule has 0 aliphatic rings. The zero-order valence-electron chi connectivity index (χ0n) is 18.1. The van der Waals surface area contributed by atoms with Crippen LogP contribution >= 0.6 is 39.0 Å². The lowest BCUT2D eigenvalue weighted by Crippen LogP contribution is -2.22. The largest absolute Gasteiger partial charge is 0.291 e. The number of carbonyl (C=O) groups is 1. The summed E-state index contributed by atoms with van der Waals surface area (Å²) in [4.78, 5) is 35.6. The monoisotopic (exact) mass is 547 g/mol. The van der Waals surface area contributed by atoms with Gasteiger partial charge in [-0.2, -0.15) is 0 Å². The van der Waals surface area contributed by atoms with Gasteiger partial charge < -0.3 is 0 Å². The van der Waals surface area contributed by atoms with E-state index in [1.54, 1.807) is 10.6 Å². The standard InChI is InChI=1S/C26H18BrN3O2S2/c1-16-11-12-18(13-20(16)27)30-25(32)19-9-5-6-10-21(19)29-26(30)34-15-23(31)24-28-22(14-33-24)17-7-3-2-4-8-17/h2-14H,15H2,1H3. The van der Waals surface area contributed by atoms with Crippen molar-refractivity contribution in [3.63, 3.8) is 0 Å². The van der Waals surface area contributed by atoms with Gasteiger partial charge in [0.2, 0.25) is 5.78 Å². The molecule has 0 spiro atoms. The zero-order valence-corrected chi connectivity index (χ0v) is 21.3. The number of hydrogen-bond donors (Lipinski definition) is 0. The molecule has 0 saturated carbocycles. The number of aryl methyl sites for hydroxylation is 1. The highest BCUT2D eigenvalue weighted by Gasteiger charge is 2.18. The summed E-state index contributed by atoms with van der Waals surface area (Å²) in [5.41, 5.74) is 3.94. The molecule has 0 bridgehead atoms. The van der Waals surface area contributed by atoms with Crippen molar-refractivity contribution in [2.45, 2.75) is 12.1 Å². The first-order chi connectivity index (χ1) is 16.5. The van der Waals surface area contributed by atoms with Crippen LogP contribution in [0.4, 0.5) is 0 Å². The third-order valence-corrected chi connectivity index (χ3v) is 7.98. The Morgan fingerprint density at radius 1 is 1.03 bits per heavy atom. The van der Waals surface area contributed by atoms with Gasteiger partial charge in [-0.3, -0.25) is 14.2 Å². The van der Waals surface area contributed by atoms with Gasteiger partial charge in [0.25, 0.3) is 5.56 Å². The quantitative estimate of drug-likeness (QED) is 0.137. The Hall–Kier alpha value is -3.07. The fourth-order valence-electron chi connectivity index (χ4n) is 3.49. The highest BCUT2D eigenvalue weighted by molar-refractivity contribution is 9.10. The minimum atomic E-state index is -0.170. The molecule has 0 saturated heterocycles. The van der Waals surface area contributed by atoms with Gasteiger partial charge in [-0.05, 0) is 36.8 Å². The van der Waals surface area contributed by atoms with Crippen LogP contribution in [0, 0.1) is 6.92 Å². The first-order valence-electron chi connectivity index (χ1n) is 10.5. The predicted molar refractivity (Wildman–Crippen MR) is 142 cm³/mol. The highest BCUT2D eigenvalue weighted by Crippen LogP contribution is 2.27. The van der Waals surface area contributed by atoms with E-state index in [1.807, 2.05) is 79.0 Å². The first-order valence-corrected chi connectivity index (χ1v) is 13.1. The Labute approximate surface area is 212 Å². The Kier molecular flexibility index (Phi) is 6.45.